The number of thiazole rings is 1. The van der Waals surface area contributed by atoms with Crippen LogP contribution in [0.1, 0.15) is 43.1 Å². The maximum absolute atomic E-state index is 13.1. The minimum atomic E-state index is -3.49. The molecule has 0 radical (unpaired) electrons. The van der Waals surface area contributed by atoms with Crippen molar-refractivity contribution in [3.63, 3.8) is 0 Å². The third kappa shape index (κ3) is 5.88. The molecule has 38 heavy (non-hydrogen) atoms. The number of rotatable bonds is 9. The molecule has 1 aliphatic heterocycles. The molecule has 0 aliphatic carbocycles. The topological polar surface area (TPSA) is 158 Å². The van der Waals surface area contributed by atoms with Crippen LogP contribution in [0.5, 0.6) is 0 Å². The first-order valence-electron chi connectivity index (χ1n) is 11.9. The molecule has 0 bridgehead atoms. The summed E-state index contributed by atoms with van der Waals surface area (Å²) < 4.78 is 26.4. The van der Waals surface area contributed by atoms with E-state index in [0.717, 1.165) is 33.1 Å². The maximum Gasteiger partial charge on any atom is 0.255 e. The Morgan fingerprint density at radius 2 is 1.92 bits per heavy atom. The van der Waals surface area contributed by atoms with E-state index in [1.807, 2.05) is 24.3 Å². The molecule has 3 heterocycles. The van der Waals surface area contributed by atoms with Crippen LogP contribution in [0.2, 0.25) is 0 Å². The SMILES string of the molecule is C[C@@H](NC(=O)[C@H](O)[C@@H](O)C(=O)N1CCC[C@@H]1c1csc(N(C)S(C)(=O)=O)n1)c1ccc(-n2cccn2)cc1. The lowest BCUT2D eigenvalue weighted by Crippen LogP contribution is -2.51. The second-order valence-corrected chi connectivity index (χ2v) is 12.0. The number of carbonyl (C=O) groups excluding carboxylic acids is 2. The molecule has 1 fully saturated rings. The highest BCUT2D eigenvalue weighted by Gasteiger charge is 2.39. The lowest BCUT2D eigenvalue weighted by Gasteiger charge is -2.28. The quantitative estimate of drug-likeness (QED) is 0.348. The predicted molar refractivity (Wildman–Crippen MR) is 141 cm³/mol. The number of carbonyl (C=O) groups is 2. The average molecular weight is 563 g/mol. The summed E-state index contributed by atoms with van der Waals surface area (Å²) in [5.74, 6) is -1.67. The van der Waals surface area contributed by atoms with Crippen molar-refractivity contribution >= 4 is 38.3 Å². The minimum Gasteiger partial charge on any atom is -0.380 e. The largest absolute Gasteiger partial charge is 0.380 e. The van der Waals surface area contributed by atoms with Gasteiger partial charge in [0.1, 0.15) is 0 Å². The van der Waals surface area contributed by atoms with Crippen LogP contribution < -0.4 is 9.62 Å². The van der Waals surface area contributed by atoms with E-state index < -0.39 is 46.1 Å². The number of hydrogen-bond acceptors (Lipinski definition) is 9. The normalized spacial score (nSPS) is 18.1. The van der Waals surface area contributed by atoms with Crippen molar-refractivity contribution in [3.8, 4) is 5.69 Å². The van der Waals surface area contributed by atoms with Crippen molar-refractivity contribution in [2.75, 3.05) is 24.2 Å². The Morgan fingerprint density at radius 1 is 1.21 bits per heavy atom. The first-order chi connectivity index (χ1) is 18.0. The van der Waals surface area contributed by atoms with Gasteiger partial charge in [-0.2, -0.15) is 5.10 Å². The molecule has 14 heteroatoms. The minimum absolute atomic E-state index is 0.258. The van der Waals surface area contributed by atoms with Crippen LogP contribution in [0.15, 0.2) is 48.1 Å². The van der Waals surface area contributed by atoms with Gasteiger partial charge in [0.25, 0.3) is 11.8 Å². The number of amides is 2. The maximum atomic E-state index is 13.1. The Hall–Kier alpha value is -3.33. The Bertz CT molecular complexity index is 1380. The van der Waals surface area contributed by atoms with Crippen LogP contribution in [0.4, 0.5) is 5.13 Å². The number of aliphatic hydroxyl groups excluding tert-OH is 2. The predicted octanol–water partition coefficient (Wildman–Crippen LogP) is 0.987. The lowest BCUT2D eigenvalue weighted by molar-refractivity contribution is -0.154. The molecule has 3 N–H and O–H groups in total. The molecule has 2 aromatic heterocycles. The van der Waals surface area contributed by atoms with E-state index in [9.17, 15) is 28.2 Å². The Morgan fingerprint density at radius 3 is 2.55 bits per heavy atom. The third-order valence-electron chi connectivity index (χ3n) is 6.50. The van der Waals surface area contributed by atoms with Gasteiger partial charge in [-0.1, -0.05) is 12.1 Å². The van der Waals surface area contributed by atoms with Crippen molar-refractivity contribution < 1.29 is 28.2 Å². The summed E-state index contributed by atoms with van der Waals surface area (Å²) in [6.07, 6.45) is 1.78. The molecule has 1 aliphatic rings. The van der Waals surface area contributed by atoms with Crippen LogP contribution in [0.3, 0.4) is 0 Å². The first kappa shape index (κ1) is 27.7. The molecular formula is C24H30N6O6S2. The summed E-state index contributed by atoms with van der Waals surface area (Å²) in [7, 11) is -2.10. The van der Waals surface area contributed by atoms with E-state index in [1.54, 1.807) is 35.4 Å². The highest BCUT2D eigenvalue weighted by molar-refractivity contribution is 7.92. The van der Waals surface area contributed by atoms with Crippen LogP contribution in [-0.2, 0) is 19.6 Å². The summed E-state index contributed by atoms with van der Waals surface area (Å²) in [5, 5.41) is 29.8. The number of likely N-dealkylation sites (tertiary alicyclic amines) is 1. The van der Waals surface area contributed by atoms with Crippen LogP contribution >= 0.6 is 11.3 Å². The molecule has 0 unspecified atom stereocenters. The Kier molecular flexibility index (Phi) is 8.16. The van der Waals surface area contributed by atoms with Gasteiger partial charge < -0.3 is 20.4 Å². The fourth-order valence-corrected chi connectivity index (χ4v) is 5.82. The highest BCUT2D eigenvalue weighted by atomic mass is 32.2. The highest BCUT2D eigenvalue weighted by Crippen LogP contribution is 2.35. The fourth-order valence-electron chi connectivity index (χ4n) is 4.22. The van der Waals surface area contributed by atoms with Crippen LogP contribution in [0, 0.1) is 0 Å². The van der Waals surface area contributed by atoms with E-state index in [0.29, 0.717) is 25.1 Å². The van der Waals surface area contributed by atoms with Gasteiger partial charge in [-0.15, -0.1) is 11.3 Å². The van der Waals surface area contributed by atoms with Gasteiger partial charge in [-0.25, -0.2) is 22.4 Å². The summed E-state index contributed by atoms with van der Waals surface area (Å²) >= 11 is 1.13. The summed E-state index contributed by atoms with van der Waals surface area (Å²) in [6, 6.07) is 8.11. The number of benzene rings is 1. The lowest BCUT2D eigenvalue weighted by atomic mass is 10.1. The van der Waals surface area contributed by atoms with E-state index >= 15 is 0 Å². The zero-order valence-corrected chi connectivity index (χ0v) is 22.8. The molecule has 2 amide bonds. The van der Waals surface area contributed by atoms with Crippen LogP contribution in [-0.4, -0.2) is 82.2 Å². The first-order valence-corrected chi connectivity index (χ1v) is 14.7. The molecule has 12 nitrogen and oxygen atoms in total. The van der Waals surface area contributed by atoms with Gasteiger partial charge in [-0.05, 0) is 43.5 Å². The molecular weight excluding hydrogens is 532 g/mol. The Balaban J connectivity index is 1.38. The number of sulfonamides is 1. The summed E-state index contributed by atoms with van der Waals surface area (Å²) in [4.78, 5) is 31.5. The van der Waals surface area contributed by atoms with E-state index in [-0.39, 0.29) is 5.13 Å². The summed E-state index contributed by atoms with van der Waals surface area (Å²) in [6.45, 7) is 2.04. The molecule has 1 aromatic carbocycles. The standard InChI is InChI=1S/C24H30N6O6S2/c1-15(16-7-9-17(10-8-16)30-13-5-11-25-30)26-22(33)20(31)21(32)23(34)29-12-4-6-19(29)18-14-37-24(27-18)28(2)38(3,35)36/h5,7-11,13-15,19-21,31-32H,4,6,12H2,1-3H3,(H,26,33)/t15-,19-,20-,21-/m1/s1. The molecule has 3 aromatic rings. The zero-order chi connectivity index (χ0) is 27.6. The van der Waals surface area contributed by atoms with Crippen molar-refractivity contribution in [3.05, 3.63) is 59.4 Å². The van der Waals surface area contributed by atoms with Gasteiger partial charge >= 0.3 is 0 Å². The van der Waals surface area contributed by atoms with Gasteiger partial charge in [0.2, 0.25) is 10.0 Å². The van der Waals surface area contributed by atoms with E-state index in [4.69, 9.17) is 0 Å². The van der Waals surface area contributed by atoms with Gasteiger partial charge in [0.05, 0.1) is 29.7 Å². The van der Waals surface area contributed by atoms with Gasteiger partial charge in [0, 0.05) is 31.4 Å². The molecule has 1 saturated heterocycles. The number of aromatic nitrogens is 3. The smallest absolute Gasteiger partial charge is 0.255 e. The number of aliphatic hydroxyl groups is 2. The van der Waals surface area contributed by atoms with Gasteiger partial charge in [0.15, 0.2) is 17.3 Å². The van der Waals surface area contributed by atoms with Crippen molar-refractivity contribution in [1.82, 2.24) is 25.0 Å². The number of anilines is 1. The average Bonchev–Trinajstić information content (AvgIpc) is 3.67. The third-order valence-corrected chi connectivity index (χ3v) is 8.71. The molecule has 4 atom stereocenters. The number of nitrogens with zero attached hydrogens (tertiary/aromatic N) is 5. The molecule has 0 saturated carbocycles. The number of hydrogen-bond donors (Lipinski definition) is 3. The summed E-state index contributed by atoms with van der Waals surface area (Å²) in [5.41, 5.74) is 2.10. The van der Waals surface area contributed by atoms with E-state index in [2.05, 4.69) is 15.4 Å². The van der Waals surface area contributed by atoms with Crippen LogP contribution in [0.25, 0.3) is 5.69 Å². The fraction of sp³-hybridized carbons (Fsp3) is 0.417. The molecule has 0 spiro atoms. The van der Waals surface area contributed by atoms with Gasteiger partial charge in [-0.3, -0.25) is 9.59 Å². The Labute approximate surface area is 224 Å². The van der Waals surface area contributed by atoms with Crippen molar-refractivity contribution in [2.24, 2.45) is 0 Å². The zero-order valence-electron chi connectivity index (χ0n) is 21.1. The number of nitrogens with one attached hydrogen (secondary N) is 1. The monoisotopic (exact) mass is 562 g/mol. The second kappa shape index (κ2) is 11.2. The van der Waals surface area contributed by atoms with Crippen molar-refractivity contribution in [2.45, 2.75) is 44.1 Å². The second-order valence-electron chi connectivity index (χ2n) is 9.14. The molecule has 204 valence electrons. The molecule has 4 rings (SSSR count). The van der Waals surface area contributed by atoms with E-state index in [1.165, 1.54) is 11.9 Å². The van der Waals surface area contributed by atoms with Crippen molar-refractivity contribution in [1.29, 1.82) is 0 Å².